The number of aromatic nitrogens is 1. The van der Waals surface area contributed by atoms with Crippen molar-refractivity contribution in [1.29, 1.82) is 0 Å². The monoisotopic (exact) mass is 426 g/mol. The van der Waals surface area contributed by atoms with Crippen molar-refractivity contribution in [2.45, 2.75) is 39.5 Å². The van der Waals surface area contributed by atoms with E-state index in [4.69, 9.17) is 4.74 Å². The largest absolute Gasteiger partial charge is 0.497 e. The van der Waals surface area contributed by atoms with E-state index in [1.165, 1.54) is 12.1 Å². The molecule has 3 aromatic rings. The topological polar surface area (TPSA) is 43.3 Å². The van der Waals surface area contributed by atoms with Gasteiger partial charge in [-0.05, 0) is 61.4 Å². The Hall–Kier alpha value is -3.15. The summed E-state index contributed by atoms with van der Waals surface area (Å²) in [5, 5.41) is 2.96. The number of hydrogen-bond donors (Lipinski definition) is 1. The Kier molecular flexibility index (Phi) is 7.45. The van der Waals surface area contributed by atoms with Crippen molar-refractivity contribution in [3.05, 3.63) is 71.4 Å². The number of unbranched alkanes of at least 4 members (excludes halogenated alkanes) is 3. The van der Waals surface area contributed by atoms with Gasteiger partial charge in [-0.3, -0.25) is 4.79 Å². The maximum atomic E-state index is 14.7. The Morgan fingerprint density at radius 2 is 1.77 bits per heavy atom. The SMILES string of the molecule is CCCCCCNC(=O)c1cc(-c2ccc(OC)cc2)n(-c2ccc(F)cc2F)c1C. The summed E-state index contributed by atoms with van der Waals surface area (Å²) < 4.78 is 35.1. The number of rotatable bonds is 9. The van der Waals surface area contributed by atoms with Crippen LogP contribution in [-0.2, 0) is 0 Å². The molecule has 0 fully saturated rings. The molecule has 0 saturated heterocycles. The van der Waals surface area contributed by atoms with Crippen LogP contribution in [0.3, 0.4) is 0 Å². The molecule has 1 N–H and O–H groups in total. The lowest BCUT2D eigenvalue weighted by molar-refractivity contribution is 0.0952. The van der Waals surface area contributed by atoms with Crippen molar-refractivity contribution >= 4 is 5.91 Å². The highest BCUT2D eigenvalue weighted by molar-refractivity contribution is 5.97. The number of halogens is 2. The molecular formula is C25H28F2N2O2. The highest BCUT2D eigenvalue weighted by Crippen LogP contribution is 2.32. The first-order valence-electron chi connectivity index (χ1n) is 10.6. The predicted molar refractivity (Wildman–Crippen MR) is 119 cm³/mol. The van der Waals surface area contributed by atoms with Gasteiger partial charge in [-0.1, -0.05) is 26.2 Å². The molecule has 0 aliphatic heterocycles. The van der Waals surface area contributed by atoms with E-state index in [1.54, 1.807) is 36.8 Å². The van der Waals surface area contributed by atoms with Crippen LogP contribution in [0.25, 0.3) is 16.9 Å². The average Bonchev–Trinajstić information content (AvgIpc) is 3.10. The molecule has 31 heavy (non-hydrogen) atoms. The minimum Gasteiger partial charge on any atom is -0.497 e. The van der Waals surface area contributed by atoms with E-state index in [1.807, 2.05) is 12.1 Å². The molecule has 6 heteroatoms. The molecule has 164 valence electrons. The van der Waals surface area contributed by atoms with Gasteiger partial charge in [0.25, 0.3) is 5.91 Å². The van der Waals surface area contributed by atoms with E-state index in [0.29, 0.717) is 29.2 Å². The van der Waals surface area contributed by atoms with Crippen LogP contribution in [0.1, 0.15) is 48.7 Å². The van der Waals surface area contributed by atoms with Crippen molar-refractivity contribution in [1.82, 2.24) is 9.88 Å². The van der Waals surface area contributed by atoms with E-state index < -0.39 is 11.6 Å². The predicted octanol–water partition coefficient (Wildman–Crippen LogP) is 6.05. The number of nitrogens with one attached hydrogen (secondary N) is 1. The smallest absolute Gasteiger partial charge is 0.253 e. The van der Waals surface area contributed by atoms with Crippen molar-refractivity contribution < 1.29 is 18.3 Å². The molecule has 0 aliphatic carbocycles. The summed E-state index contributed by atoms with van der Waals surface area (Å²) in [6.07, 6.45) is 4.24. The summed E-state index contributed by atoms with van der Waals surface area (Å²) in [6, 6.07) is 12.5. The van der Waals surface area contributed by atoms with E-state index >= 15 is 0 Å². The number of methoxy groups -OCH3 is 1. The fraction of sp³-hybridized carbons (Fsp3) is 0.320. The fourth-order valence-corrected chi connectivity index (χ4v) is 3.63. The Morgan fingerprint density at radius 3 is 2.42 bits per heavy atom. The van der Waals surface area contributed by atoms with Gasteiger partial charge < -0.3 is 14.6 Å². The van der Waals surface area contributed by atoms with E-state index in [2.05, 4.69) is 12.2 Å². The maximum Gasteiger partial charge on any atom is 0.253 e. The van der Waals surface area contributed by atoms with Crippen molar-refractivity contribution in [2.75, 3.05) is 13.7 Å². The zero-order valence-corrected chi connectivity index (χ0v) is 18.2. The highest BCUT2D eigenvalue weighted by Gasteiger charge is 2.21. The molecule has 0 radical (unpaired) electrons. The van der Waals surface area contributed by atoms with Gasteiger partial charge in [-0.2, -0.15) is 0 Å². The number of carbonyl (C=O) groups excluding carboxylic acids is 1. The Labute approximate surface area is 181 Å². The van der Waals surface area contributed by atoms with Gasteiger partial charge in [0.2, 0.25) is 0 Å². The molecule has 3 rings (SSSR count). The second-order valence-electron chi connectivity index (χ2n) is 7.50. The van der Waals surface area contributed by atoms with E-state index in [-0.39, 0.29) is 11.6 Å². The highest BCUT2D eigenvalue weighted by atomic mass is 19.1. The third-order valence-electron chi connectivity index (χ3n) is 5.34. The minimum absolute atomic E-state index is 0.187. The molecule has 0 unspecified atom stereocenters. The lowest BCUT2D eigenvalue weighted by Gasteiger charge is -2.14. The van der Waals surface area contributed by atoms with E-state index in [0.717, 1.165) is 37.3 Å². The molecule has 0 saturated carbocycles. The van der Waals surface area contributed by atoms with Crippen LogP contribution >= 0.6 is 0 Å². The standard InChI is InChI=1S/C25H28F2N2O2/c1-4-5-6-7-14-28-25(30)21-16-24(18-8-11-20(31-3)12-9-18)29(17(21)2)23-13-10-19(26)15-22(23)27/h8-13,15-16H,4-7,14H2,1-3H3,(H,28,30). The van der Waals surface area contributed by atoms with Gasteiger partial charge in [0.1, 0.15) is 17.4 Å². The summed E-state index contributed by atoms with van der Waals surface area (Å²) >= 11 is 0. The number of ether oxygens (including phenoxy) is 1. The zero-order chi connectivity index (χ0) is 22.4. The van der Waals surface area contributed by atoms with Gasteiger partial charge in [-0.25, -0.2) is 8.78 Å². The molecule has 1 amide bonds. The molecule has 0 atom stereocenters. The number of hydrogen-bond acceptors (Lipinski definition) is 2. The number of nitrogens with zero attached hydrogens (tertiary/aromatic N) is 1. The summed E-state index contributed by atoms with van der Waals surface area (Å²) in [5.74, 6) is -0.858. The Balaban J connectivity index is 2.01. The Bertz CT molecular complexity index is 1040. The van der Waals surface area contributed by atoms with Crippen molar-refractivity contribution in [3.63, 3.8) is 0 Å². The number of benzene rings is 2. The average molecular weight is 427 g/mol. The lowest BCUT2D eigenvalue weighted by atomic mass is 10.1. The second-order valence-corrected chi connectivity index (χ2v) is 7.50. The quantitative estimate of drug-likeness (QED) is 0.423. The van der Waals surface area contributed by atoms with Gasteiger partial charge in [0.05, 0.1) is 24.1 Å². The van der Waals surface area contributed by atoms with Crippen LogP contribution in [-0.4, -0.2) is 24.1 Å². The van der Waals surface area contributed by atoms with Crippen LogP contribution in [0.15, 0.2) is 48.5 Å². The second kappa shape index (κ2) is 10.2. The first-order chi connectivity index (χ1) is 15.0. The lowest BCUT2D eigenvalue weighted by Crippen LogP contribution is -2.24. The third-order valence-corrected chi connectivity index (χ3v) is 5.34. The van der Waals surface area contributed by atoms with Crippen molar-refractivity contribution in [2.24, 2.45) is 0 Å². The van der Waals surface area contributed by atoms with Crippen LogP contribution in [0.2, 0.25) is 0 Å². The molecule has 2 aromatic carbocycles. The summed E-state index contributed by atoms with van der Waals surface area (Å²) in [6.45, 7) is 4.49. The molecule has 1 heterocycles. The normalized spacial score (nSPS) is 10.9. The van der Waals surface area contributed by atoms with Gasteiger partial charge in [0.15, 0.2) is 0 Å². The summed E-state index contributed by atoms with van der Waals surface area (Å²) in [4.78, 5) is 12.9. The minimum atomic E-state index is -0.694. The van der Waals surface area contributed by atoms with Gasteiger partial charge in [-0.15, -0.1) is 0 Å². The van der Waals surface area contributed by atoms with E-state index in [9.17, 15) is 13.6 Å². The van der Waals surface area contributed by atoms with Gasteiger partial charge >= 0.3 is 0 Å². The zero-order valence-electron chi connectivity index (χ0n) is 18.2. The summed E-state index contributed by atoms with van der Waals surface area (Å²) in [5.41, 5.74) is 2.66. The first-order valence-corrected chi connectivity index (χ1v) is 10.6. The van der Waals surface area contributed by atoms with Crippen LogP contribution < -0.4 is 10.1 Å². The maximum absolute atomic E-state index is 14.7. The molecular weight excluding hydrogens is 398 g/mol. The third kappa shape index (κ3) is 5.13. The molecule has 1 aromatic heterocycles. The number of amides is 1. The molecule has 4 nitrogen and oxygen atoms in total. The van der Waals surface area contributed by atoms with Crippen LogP contribution in [0.5, 0.6) is 5.75 Å². The van der Waals surface area contributed by atoms with Crippen LogP contribution in [0, 0.1) is 18.6 Å². The fourth-order valence-electron chi connectivity index (χ4n) is 3.63. The van der Waals surface area contributed by atoms with Gasteiger partial charge in [0, 0.05) is 18.3 Å². The summed E-state index contributed by atoms with van der Waals surface area (Å²) in [7, 11) is 1.58. The molecule has 0 bridgehead atoms. The van der Waals surface area contributed by atoms with Crippen molar-refractivity contribution in [3.8, 4) is 22.7 Å². The molecule has 0 aliphatic rings. The molecule has 0 spiro atoms. The number of carbonyl (C=O) groups is 1. The Morgan fingerprint density at radius 1 is 1.03 bits per heavy atom. The first kappa shape index (κ1) is 22.5. The van der Waals surface area contributed by atoms with Crippen LogP contribution in [0.4, 0.5) is 8.78 Å².